The van der Waals surface area contributed by atoms with Gasteiger partial charge in [-0.1, -0.05) is 12.1 Å². The van der Waals surface area contributed by atoms with Crippen molar-refractivity contribution in [2.75, 3.05) is 0 Å². The Balaban J connectivity index is 2.39. The van der Waals surface area contributed by atoms with Crippen molar-refractivity contribution in [3.05, 3.63) is 41.6 Å². The molecule has 0 unspecified atom stereocenters. The fourth-order valence-electron chi connectivity index (χ4n) is 1.47. The number of nitrogens with one attached hydrogen (secondary N) is 1. The summed E-state index contributed by atoms with van der Waals surface area (Å²) in [6.45, 7) is 0.270. The molecule has 3 N–H and O–H groups in total. The van der Waals surface area contributed by atoms with Crippen LogP contribution in [0.5, 0.6) is 0 Å². The van der Waals surface area contributed by atoms with Crippen molar-refractivity contribution in [1.29, 1.82) is 0 Å². The molecule has 2 aromatic rings. The quantitative estimate of drug-likeness (QED) is 0.848. The molecule has 2 rings (SSSR count). The van der Waals surface area contributed by atoms with E-state index in [1.54, 1.807) is 12.1 Å². The summed E-state index contributed by atoms with van der Waals surface area (Å²) in [4.78, 5) is 0. The molecule has 0 bridgehead atoms. The Morgan fingerprint density at radius 3 is 2.59 bits per heavy atom. The Hall–Kier alpha value is -1.82. The van der Waals surface area contributed by atoms with Gasteiger partial charge in [0.05, 0.1) is 11.3 Å². The molecule has 1 aromatic carbocycles. The first kappa shape index (κ1) is 11.7. The van der Waals surface area contributed by atoms with Crippen molar-refractivity contribution < 1.29 is 13.2 Å². The van der Waals surface area contributed by atoms with Crippen molar-refractivity contribution >= 4 is 0 Å². The topological polar surface area (TPSA) is 54.7 Å². The van der Waals surface area contributed by atoms with Gasteiger partial charge in [-0.15, -0.1) is 0 Å². The molecular weight excluding hydrogens is 231 g/mol. The standard InChI is InChI=1S/C11H10F3N3/c12-11(13,14)8-3-1-2-7(4-8)10-5-9(6-15)16-17-10/h1-5H,6,15H2,(H,16,17). The molecule has 0 fully saturated rings. The van der Waals surface area contributed by atoms with E-state index in [1.807, 2.05) is 0 Å². The average Bonchev–Trinajstić information content (AvgIpc) is 2.76. The van der Waals surface area contributed by atoms with E-state index in [2.05, 4.69) is 10.2 Å². The zero-order chi connectivity index (χ0) is 12.5. The van der Waals surface area contributed by atoms with Crippen LogP contribution < -0.4 is 5.73 Å². The summed E-state index contributed by atoms with van der Waals surface area (Å²) in [7, 11) is 0. The van der Waals surface area contributed by atoms with Crippen molar-refractivity contribution in [3.63, 3.8) is 0 Å². The molecule has 0 saturated carbocycles. The first-order valence-electron chi connectivity index (χ1n) is 4.92. The van der Waals surface area contributed by atoms with Crippen LogP contribution in [0.3, 0.4) is 0 Å². The molecule has 1 aromatic heterocycles. The number of H-pyrrole nitrogens is 1. The summed E-state index contributed by atoms with van der Waals surface area (Å²) < 4.78 is 37.5. The van der Waals surface area contributed by atoms with E-state index in [4.69, 9.17) is 5.73 Å². The number of aromatic nitrogens is 2. The predicted molar refractivity (Wildman–Crippen MR) is 56.9 cm³/mol. The molecule has 0 aliphatic carbocycles. The van der Waals surface area contributed by atoms with Gasteiger partial charge >= 0.3 is 6.18 Å². The van der Waals surface area contributed by atoms with Gasteiger partial charge < -0.3 is 5.73 Å². The number of aromatic amines is 1. The maximum Gasteiger partial charge on any atom is 0.416 e. The van der Waals surface area contributed by atoms with Gasteiger partial charge in [0, 0.05) is 17.8 Å². The van der Waals surface area contributed by atoms with Gasteiger partial charge in [-0.3, -0.25) is 5.10 Å². The monoisotopic (exact) mass is 241 g/mol. The second-order valence-electron chi connectivity index (χ2n) is 3.56. The van der Waals surface area contributed by atoms with Gasteiger partial charge in [-0.2, -0.15) is 18.3 Å². The lowest BCUT2D eigenvalue weighted by atomic mass is 10.1. The number of halogens is 3. The summed E-state index contributed by atoms with van der Waals surface area (Å²) in [6, 6.07) is 6.66. The van der Waals surface area contributed by atoms with Crippen molar-refractivity contribution in [3.8, 4) is 11.3 Å². The molecule has 0 saturated heterocycles. The minimum Gasteiger partial charge on any atom is -0.325 e. The molecule has 0 spiro atoms. The molecule has 0 aliphatic rings. The van der Waals surface area contributed by atoms with Crippen LogP contribution in [0.15, 0.2) is 30.3 Å². The molecule has 1 heterocycles. The van der Waals surface area contributed by atoms with Crippen LogP contribution >= 0.6 is 0 Å². The minimum absolute atomic E-state index is 0.270. The minimum atomic E-state index is -4.34. The zero-order valence-electron chi connectivity index (χ0n) is 8.75. The average molecular weight is 241 g/mol. The lowest BCUT2D eigenvalue weighted by Crippen LogP contribution is -2.04. The molecule has 6 heteroatoms. The largest absolute Gasteiger partial charge is 0.416 e. The van der Waals surface area contributed by atoms with Crippen LogP contribution in [0.2, 0.25) is 0 Å². The van der Waals surface area contributed by atoms with Crippen LogP contribution in [0.25, 0.3) is 11.3 Å². The maximum atomic E-state index is 12.5. The number of alkyl halides is 3. The summed E-state index contributed by atoms with van der Waals surface area (Å²) in [5.74, 6) is 0. The van der Waals surface area contributed by atoms with E-state index in [1.165, 1.54) is 6.07 Å². The third-order valence-corrected chi connectivity index (χ3v) is 2.34. The number of nitrogens with zero attached hydrogens (tertiary/aromatic N) is 1. The number of hydrogen-bond donors (Lipinski definition) is 2. The highest BCUT2D eigenvalue weighted by atomic mass is 19.4. The van der Waals surface area contributed by atoms with Crippen LogP contribution in [0.1, 0.15) is 11.3 Å². The Bertz CT molecular complexity index is 517. The first-order chi connectivity index (χ1) is 8.00. The Labute approximate surface area is 95.5 Å². The highest BCUT2D eigenvalue weighted by Gasteiger charge is 2.30. The van der Waals surface area contributed by atoms with Gasteiger partial charge in [0.1, 0.15) is 0 Å². The zero-order valence-corrected chi connectivity index (χ0v) is 8.75. The van der Waals surface area contributed by atoms with E-state index < -0.39 is 11.7 Å². The molecule has 90 valence electrons. The SMILES string of the molecule is NCc1cc(-c2cccc(C(F)(F)F)c2)n[nH]1. The van der Waals surface area contributed by atoms with Crippen molar-refractivity contribution in [2.24, 2.45) is 5.73 Å². The van der Waals surface area contributed by atoms with Gasteiger partial charge in [0.2, 0.25) is 0 Å². The second-order valence-corrected chi connectivity index (χ2v) is 3.56. The lowest BCUT2D eigenvalue weighted by molar-refractivity contribution is -0.137. The first-order valence-corrected chi connectivity index (χ1v) is 4.92. The summed E-state index contributed by atoms with van der Waals surface area (Å²) in [5.41, 5.74) is 6.25. The van der Waals surface area contributed by atoms with Crippen LogP contribution in [-0.4, -0.2) is 10.2 Å². The number of benzene rings is 1. The lowest BCUT2D eigenvalue weighted by Gasteiger charge is -2.07. The molecule has 3 nitrogen and oxygen atoms in total. The third kappa shape index (κ3) is 2.47. The van der Waals surface area contributed by atoms with E-state index >= 15 is 0 Å². The highest BCUT2D eigenvalue weighted by Crippen LogP contribution is 2.31. The van der Waals surface area contributed by atoms with E-state index in [9.17, 15) is 13.2 Å². The summed E-state index contributed by atoms with van der Waals surface area (Å²) in [5, 5.41) is 6.56. The predicted octanol–water partition coefficient (Wildman–Crippen LogP) is 2.55. The third-order valence-electron chi connectivity index (χ3n) is 2.34. The second kappa shape index (κ2) is 4.21. The normalized spacial score (nSPS) is 11.8. The molecule has 17 heavy (non-hydrogen) atoms. The highest BCUT2D eigenvalue weighted by molar-refractivity contribution is 5.60. The van der Waals surface area contributed by atoms with Crippen LogP contribution in [0, 0.1) is 0 Å². The Morgan fingerprint density at radius 1 is 1.24 bits per heavy atom. The van der Waals surface area contributed by atoms with Gasteiger partial charge in [-0.25, -0.2) is 0 Å². The van der Waals surface area contributed by atoms with E-state index in [0.717, 1.165) is 12.1 Å². The molecule has 0 atom stereocenters. The Kier molecular flexibility index (Phi) is 2.89. The van der Waals surface area contributed by atoms with Crippen molar-refractivity contribution in [2.45, 2.75) is 12.7 Å². The number of rotatable bonds is 2. The fourth-order valence-corrected chi connectivity index (χ4v) is 1.47. The number of nitrogens with two attached hydrogens (primary N) is 1. The number of hydrogen-bond acceptors (Lipinski definition) is 2. The Morgan fingerprint density at radius 2 is 2.00 bits per heavy atom. The van der Waals surface area contributed by atoms with Gasteiger partial charge in [0.15, 0.2) is 0 Å². The van der Waals surface area contributed by atoms with Crippen molar-refractivity contribution in [1.82, 2.24) is 10.2 Å². The summed E-state index contributed by atoms with van der Waals surface area (Å²) >= 11 is 0. The molecule has 0 aliphatic heterocycles. The van der Waals surface area contributed by atoms with Gasteiger partial charge in [-0.05, 0) is 18.2 Å². The smallest absolute Gasteiger partial charge is 0.325 e. The van der Waals surface area contributed by atoms with Crippen LogP contribution in [-0.2, 0) is 12.7 Å². The van der Waals surface area contributed by atoms with Crippen LogP contribution in [0.4, 0.5) is 13.2 Å². The van der Waals surface area contributed by atoms with E-state index in [-0.39, 0.29) is 6.54 Å². The molecular formula is C11H10F3N3. The van der Waals surface area contributed by atoms with Gasteiger partial charge in [0.25, 0.3) is 0 Å². The molecule has 0 amide bonds. The van der Waals surface area contributed by atoms with E-state index in [0.29, 0.717) is 17.0 Å². The fraction of sp³-hybridized carbons (Fsp3) is 0.182. The summed E-state index contributed by atoms with van der Waals surface area (Å²) in [6.07, 6.45) is -4.34. The molecule has 0 radical (unpaired) electrons. The maximum absolute atomic E-state index is 12.5.